The summed E-state index contributed by atoms with van der Waals surface area (Å²) < 4.78 is 2.44. The van der Waals surface area contributed by atoms with Gasteiger partial charge in [-0.2, -0.15) is 0 Å². The fourth-order valence-electron chi connectivity index (χ4n) is 4.47. The van der Waals surface area contributed by atoms with Gasteiger partial charge in [-0.05, 0) is 43.7 Å². The molecule has 11 heteroatoms. The number of nitrogens with one attached hydrogen (secondary N) is 2. The van der Waals surface area contributed by atoms with E-state index in [0.29, 0.717) is 38.8 Å². The quantitative estimate of drug-likeness (QED) is 0.305. The summed E-state index contributed by atoms with van der Waals surface area (Å²) in [4.78, 5) is 27.1. The smallest absolute Gasteiger partial charge is 0.232 e. The summed E-state index contributed by atoms with van der Waals surface area (Å²) in [5.74, 6) is 6.01. The number of thiophene rings is 1. The maximum absolute atomic E-state index is 12.5. The minimum Gasteiger partial charge on any atom is -0.390 e. The van der Waals surface area contributed by atoms with Crippen molar-refractivity contribution in [1.82, 2.24) is 24.8 Å². The Morgan fingerprint density at radius 1 is 1.34 bits per heavy atom. The van der Waals surface area contributed by atoms with Crippen LogP contribution in [0.1, 0.15) is 30.5 Å². The van der Waals surface area contributed by atoms with Crippen molar-refractivity contribution >= 4 is 45.8 Å². The average molecular weight is 513 g/mol. The molecule has 0 spiro atoms. The number of halogens is 1. The second-order valence-electron chi connectivity index (χ2n) is 9.09. The van der Waals surface area contributed by atoms with E-state index in [4.69, 9.17) is 11.6 Å². The molecular weight excluding hydrogens is 488 g/mol. The highest BCUT2D eigenvalue weighted by Gasteiger charge is 2.56. The number of amides is 1. The van der Waals surface area contributed by atoms with E-state index in [1.54, 1.807) is 23.9 Å². The summed E-state index contributed by atoms with van der Waals surface area (Å²) in [7, 11) is 1.49. The third kappa shape index (κ3) is 4.19. The standard InChI is InChI=1S/C24H25ClN6O3S/c1-12-15(19(32)20(33)24(12,2)23(34)26-3)10-31-11-27-18-21(28-13-4-5-13)29-17(30-22(18)31)9-7-14-6-8-16(25)35-14/h6,8,11,13,15,19-20,32-33H,1,4-5,10H2,2-3H3,(H,26,34)(H,28,29,30)/t15-,19+,20+,24?/m1/s1. The number of aliphatic hydroxyl groups excluding tert-OH is 2. The lowest BCUT2D eigenvalue weighted by atomic mass is 9.81. The summed E-state index contributed by atoms with van der Waals surface area (Å²) in [6, 6.07) is 3.97. The van der Waals surface area contributed by atoms with E-state index >= 15 is 0 Å². The highest BCUT2D eigenvalue weighted by molar-refractivity contribution is 7.16. The molecule has 35 heavy (non-hydrogen) atoms. The number of hydrogen-bond acceptors (Lipinski definition) is 8. The van der Waals surface area contributed by atoms with Crippen molar-refractivity contribution in [3.63, 3.8) is 0 Å². The van der Waals surface area contributed by atoms with Gasteiger partial charge in [0.05, 0.1) is 33.2 Å². The van der Waals surface area contributed by atoms with Crippen molar-refractivity contribution in [3.05, 3.63) is 45.6 Å². The number of carbonyl (C=O) groups excluding carboxylic acids is 1. The second kappa shape index (κ2) is 8.91. The van der Waals surface area contributed by atoms with Gasteiger partial charge < -0.3 is 25.4 Å². The van der Waals surface area contributed by atoms with E-state index in [2.05, 4.69) is 44.0 Å². The number of nitrogens with zero attached hydrogens (tertiary/aromatic N) is 4. The predicted molar refractivity (Wildman–Crippen MR) is 134 cm³/mol. The van der Waals surface area contributed by atoms with Gasteiger partial charge in [-0.15, -0.1) is 11.3 Å². The second-order valence-corrected chi connectivity index (χ2v) is 10.8. The Balaban J connectivity index is 1.52. The molecule has 182 valence electrons. The highest BCUT2D eigenvalue weighted by atomic mass is 35.5. The lowest BCUT2D eigenvalue weighted by molar-refractivity contribution is -0.134. The van der Waals surface area contributed by atoms with Gasteiger partial charge in [-0.3, -0.25) is 4.79 Å². The molecule has 4 atom stereocenters. The van der Waals surface area contributed by atoms with E-state index < -0.39 is 29.4 Å². The molecule has 2 saturated carbocycles. The van der Waals surface area contributed by atoms with Crippen molar-refractivity contribution in [2.45, 2.75) is 44.6 Å². The van der Waals surface area contributed by atoms with Crippen LogP contribution in [-0.4, -0.2) is 60.9 Å². The molecule has 2 fully saturated rings. The summed E-state index contributed by atoms with van der Waals surface area (Å²) in [5, 5.41) is 27.5. The van der Waals surface area contributed by atoms with E-state index in [-0.39, 0.29) is 6.54 Å². The Kier molecular flexibility index (Phi) is 6.05. The fourth-order valence-corrected chi connectivity index (χ4v) is 5.36. The number of hydrogen-bond donors (Lipinski definition) is 4. The lowest BCUT2D eigenvalue weighted by Gasteiger charge is -2.27. The van der Waals surface area contributed by atoms with Gasteiger partial charge in [0.2, 0.25) is 11.7 Å². The van der Waals surface area contributed by atoms with Crippen LogP contribution in [0, 0.1) is 23.2 Å². The van der Waals surface area contributed by atoms with Gasteiger partial charge in [0.25, 0.3) is 0 Å². The van der Waals surface area contributed by atoms with E-state index in [1.807, 2.05) is 6.07 Å². The Labute approximate surface area is 211 Å². The zero-order chi connectivity index (χ0) is 24.9. The summed E-state index contributed by atoms with van der Waals surface area (Å²) in [6.45, 7) is 5.90. The monoisotopic (exact) mass is 512 g/mol. The molecule has 2 aliphatic rings. The highest BCUT2D eigenvalue weighted by Crippen LogP contribution is 2.47. The van der Waals surface area contributed by atoms with Crippen LogP contribution >= 0.6 is 22.9 Å². The first-order valence-corrected chi connectivity index (χ1v) is 12.5. The Bertz CT molecular complexity index is 1390. The molecule has 0 saturated heterocycles. The van der Waals surface area contributed by atoms with Gasteiger partial charge in [0.1, 0.15) is 0 Å². The summed E-state index contributed by atoms with van der Waals surface area (Å²) in [6.07, 6.45) is 1.29. The summed E-state index contributed by atoms with van der Waals surface area (Å²) >= 11 is 7.38. The fraction of sp³-hybridized carbons (Fsp3) is 0.417. The number of fused-ring (bicyclic) bond motifs is 1. The molecule has 1 amide bonds. The molecule has 2 aliphatic carbocycles. The van der Waals surface area contributed by atoms with E-state index in [0.717, 1.165) is 17.7 Å². The van der Waals surface area contributed by atoms with Crippen molar-refractivity contribution < 1.29 is 15.0 Å². The van der Waals surface area contributed by atoms with Gasteiger partial charge in [0, 0.05) is 25.6 Å². The van der Waals surface area contributed by atoms with Gasteiger partial charge in [-0.1, -0.05) is 23.8 Å². The van der Waals surface area contributed by atoms with Crippen molar-refractivity contribution in [3.8, 4) is 11.8 Å². The Morgan fingerprint density at radius 3 is 2.77 bits per heavy atom. The van der Waals surface area contributed by atoms with Crippen LogP contribution in [-0.2, 0) is 11.3 Å². The lowest BCUT2D eigenvalue weighted by Crippen LogP contribution is -2.45. The molecule has 1 unspecified atom stereocenters. The molecule has 0 bridgehead atoms. The van der Waals surface area contributed by atoms with Crippen LogP contribution in [0.2, 0.25) is 4.34 Å². The normalized spacial score (nSPS) is 26.0. The number of rotatable bonds is 5. The van der Waals surface area contributed by atoms with Gasteiger partial charge in [-0.25, -0.2) is 15.0 Å². The molecule has 0 radical (unpaired) electrons. The third-order valence-electron chi connectivity index (χ3n) is 6.79. The van der Waals surface area contributed by atoms with Crippen LogP contribution in [0.4, 0.5) is 5.82 Å². The first-order chi connectivity index (χ1) is 16.7. The molecule has 3 aromatic heterocycles. The van der Waals surface area contributed by atoms with Crippen LogP contribution in [0.25, 0.3) is 11.2 Å². The van der Waals surface area contributed by atoms with Crippen LogP contribution in [0.5, 0.6) is 0 Å². The van der Waals surface area contributed by atoms with Crippen molar-refractivity contribution in [2.75, 3.05) is 12.4 Å². The Morgan fingerprint density at radius 2 is 2.11 bits per heavy atom. The molecule has 5 rings (SSSR count). The largest absolute Gasteiger partial charge is 0.390 e. The predicted octanol–water partition coefficient (Wildman–Crippen LogP) is 2.18. The minimum absolute atomic E-state index is 0.230. The zero-order valence-electron chi connectivity index (χ0n) is 19.2. The number of aliphatic hydroxyl groups is 2. The molecule has 0 aliphatic heterocycles. The van der Waals surface area contributed by atoms with Crippen LogP contribution in [0.15, 0.2) is 30.6 Å². The molecule has 0 aromatic carbocycles. The van der Waals surface area contributed by atoms with Gasteiger partial charge in [0.15, 0.2) is 17.0 Å². The first-order valence-electron chi connectivity index (χ1n) is 11.3. The minimum atomic E-state index is -1.30. The summed E-state index contributed by atoms with van der Waals surface area (Å²) in [5.41, 5.74) is 0.286. The number of imidazole rings is 1. The first kappa shape index (κ1) is 23.8. The van der Waals surface area contributed by atoms with Crippen LogP contribution in [0.3, 0.4) is 0 Å². The van der Waals surface area contributed by atoms with E-state index in [1.165, 1.54) is 18.4 Å². The number of carbonyl (C=O) groups is 1. The SMILES string of the molecule is C=C1[C@@H](Cn2cnc3c(NC4CC4)nc(C#Cc4ccc(Cl)s4)nc32)[C@H](O)[C@H](O)C1(C)C(=O)NC. The molecule has 4 N–H and O–H groups in total. The van der Waals surface area contributed by atoms with E-state index in [9.17, 15) is 15.0 Å². The third-order valence-corrected chi connectivity index (χ3v) is 7.93. The van der Waals surface area contributed by atoms with Gasteiger partial charge >= 0.3 is 0 Å². The van der Waals surface area contributed by atoms with Crippen LogP contribution < -0.4 is 10.6 Å². The maximum Gasteiger partial charge on any atom is 0.232 e. The topological polar surface area (TPSA) is 125 Å². The molecule has 9 nitrogen and oxygen atoms in total. The Hall–Kier alpha value is -2.97. The zero-order valence-corrected chi connectivity index (χ0v) is 20.8. The number of aromatic nitrogens is 4. The molecule has 3 heterocycles. The van der Waals surface area contributed by atoms with Crippen molar-refractivity contribution in [2.24, 2.45) is 11.3 Å². The molecule has 3 aromatic rings. The number of anilines is 1. The van der Waals surface area contributed by atoms with Crippen molar-refractivity contribution in [1.29, 1.82) is 0 Å². The average Bonchev–Trinajstić information content (AvgIpc) is 3.38. The molecular formula is C24H25ClN6O3S. The maximum atomic E-state index is 12.5.